The van der Waals surface area contributed by atoms with E-state index in [1.54, 1.807) is 6.07 Å². The van der Waals surface area contributed by atoms with E-state index in [1.165, 1.54) is 11.1 Å². The number of nitrogens with one attached hydrogen (secondary N) is 1. The summed E-state index contributed by atoms with van der Waals surface area (Å²) >= 11 is 0. The number of hydrogen-bond acceptors (Lipinski definition) is 3. The highest BCUT2D eigenvalue weighted by atomic mass is 16.3. The molecule has 0 radical (unpaired) electrons. The molecule has 2 rings (SSSR count). The molecule has 3 heteroatoms. The largest absolute Gasteiger partial charge is 0.508 e. The van der Waals surface area contributed by atoms with Gasteiger partial charge in [-0.25, -0.2) is 0 Å². The van der Waals surface area contributed by atoms with Crippen molar-refractivity contribution in [3.8, 4) is 5.75 Å². The van der Waals surface area contributed by atoms with Crippen LogP contribution in [0.4, 0.5) is 0 Å². The van der Waals surface area contributed by atoms with Crippen molar-refractivity contribution < 1.29 is 5.11 Å². The Bertz CT molecular complexity index is 411. The Morgan fingerprint density at radius 1 is 1.44 bits per heavy atom. The molecule has 1 aliphatic heterocycles. The molecule has 1 aromatic rings. The first-order valence-corrected chi connectivity index (χ1v) is 6.55. The molecular weight excluding hydrogens is 224 g/mol. The van der Waals surface area contributed by atoms with Gasteiger partial charge in [-0.1, -0.05) is 17.7 Å². The van der Waals surface area contributed by atoms with Crippen molar-refractivity contribution in [2.24, 2.45) is 0 Å². The van der Waals surface area contributed by atoms with Crippen molar-refractivity contribution in [3.63, 3.8) is 0 Å². The van der Waals surface area contributed by atoms with Crippen LogP contribution in [-0.2, 0) is 0 Å². The van der Waals surface area contributed by atoms with E-state index in [1.807, 2.05) is 12.1 Å². The van der Waals surface area contributed by atoms with E-state index < -0.39 is 0 Å². The van der Waals surface area contributed by atoms with Gasteiger partial charge in [0.25, 0.3) is 0 Å². The zero-order valence-electron chi connectivity index (χ0n) is 11.0. The second-order valence-corrected chi connectivity index (χ2v) is 5.06. The molecule has 0 spiro atoms. The van der Waals surface area contributed by atoms with Gasteiger partial charge >= 0.3 is 0 Å². The Balaban J connectivity index is 2.20. The van der Waals surface area contributed by atoms with Crippen LogP contribution < -0.4 is 5.32 Å². The average Bonchev–Trinajstić information content (AvgIpc) is 2.37. The van der Waals surface area contributed by atoms with E-state index in [9.17, 15) is 5.11 Å². The molecule has 1 fully saturated rings. The summed E-state index contributed by atoms with van der Waals surface area (Å²) < 4.78 is 0. The van der Waals surface area contributed by atoms with E-state index in [-0.39, 0.29) is 0 Å². The van der Waals surface area contributed by atoms with Crippen molar-refractivity contribution in [2.45, 2.75) is 19.4 Å². The summed E-state index contributed by atoms with van der Waals surface area (Å²) in [6, 6.07) is 7.93. The van der Waals surface area contributed by atoms with Crippen molar-refractivity contribution >= 4 is 0 Å². The van der Waals surface area contributed by atoms with Gasteiger partial charge in [0.05, 0.1) is 0 Å². The van der Waals surface area contributed by atoms with E-state index in [0.717, 1.165) is 32.6 Å². The molecule has 3 nitrogen and oxygen atoms in total. The van der Waals surface area contributed by atoms with Crippen molar-refractivity contribution in [3.05, 3.63) is 42.0 Å². The van der Waals surface area contributed by atoms with Gasteiger partial charge < -0.3 is 10.4 Å². The Kier molecular flexibility index (Phi) is 4.39. The molecule has 1 heterocycles. The van der Waals surface area contributed by atoms with Gasteiger partial charge in [-0.3, -0.25) is 4.90 Å². The lowest BCUT2D eigenvalue weighted by molar-refractivity contribution is 0.172. The number of phenolic OH excluding ortho intramolecular Hbond substituents is 1. The molecule has 0 unspecified atom stereocenters. The van der Waals surface area contributed by atoms with Crippen molar-refractivity contribution in [1.82, 2.24) is 10.2 Å². The summed E-state index contributed by atoms with van der Waals surface area (Å²) in [7, 11) is 0. The first-order chi connectivity index (χ1) is 8.66. The molecule has 1 atom stereocenters. The van der Waals surface area contributed by atoms with Crippen LogP contribution in [0, 0.1) is 0 Å². The third-order valence-electron chi connectivity index (χ3n) is 3.39. The smallest absolute Gasteiger partial charge is 0.115 e. The number of piperazine rings is 1. The maximum absolute atomic E-state index is 9.64. The van der Waals surface area contributed by atoms with Crippen LogP contribution in [-0.4, -0.2) is 36.2 Å². The van der Waals surface area contributed by atoms with Gasteiger partial charge in [0.2, 0.25) is 0 Å². The van der Waals surface area contributed by atoms with Crippen LogP contribution >= 0.6 is 0 Å². The zero-order valence-corrected chi connectivity index (χ0v) is 11.0. The maximum atomic E-state index is 9.64. The first kappa shape index (κ1) is 13.1. The lowest BCUT2D eigenvalue weighted by atomic mass is 9.98. The fourth-order valence-electron chi connectivity index (χ4n) is 2.51. The molecule has 0 saturated carbocycles. The van der Waals surface area contributed by atoms with Crippen LogP contribution in [0.25, 0.3) is 0 Å². The highest BCUT2D eigenvalue weighted by Gasteiger charge is 2.22. The molecule has 0 bridgehead atoms. The van der Waals surface area contributed by atoms with Crippen LogP contribution in [0.15, 0.2) is 36.4 Å². The highest BCUT2D eigenvalue weighted by molar-refractivity contribution is 5.30. The van der Waals surface area contributed by atoms with Gasteiger partial charge in [0.15, 0.2) is 0 Å². The first-order valence-electron chi connectivity index (χ1n) is 6.55. The minimum Gasteiger partial charge on any atom is -0.508 e. The quantitative estimate of drug-likeness (QED) is 0.800. The molecule has 0 aliphatic carbocycles. The van der Waals surface area contributed by atoms with Crippen LogP contribution in [0.2, 0.25) is 0 Å². The third-order valence-corrected chi connectivity index (χ3v) is 3.39. The molecule has 1 aromatic carbocycles. The van der Waals surface area contributed by atoms with E-state index >= 15 is 0 Å². The van der Waals surface area contributed by atoms with Gasteiger partial charge in [0, 0.05) is 32.2 Å². The summed E-state index contributed by atoms with van der Waals surface area (Å²) in [5.74, 6) is 0.342. The molecule has 0 aromatic heterocycles. The van der Waals surface area contributed by atoms with E-state index in [0.29, 0.717) is 11.8 Å². The predicted molar refractivity (Wildman–Crippen MR) is 74.7 cm³/mol. The summed E-state index contributed by atoms with van der Waals surface area (Å²) in [6.07, 6.45) is 0.948. The fourth-order valence-corrected chi connectivity index (χ4v) is 2.51. The minimum atomic E-state index is 0.330. The van der Waals surface area contributed by atoms with Crippen LogP contribution in [0.3, 0.4) is 0 Å². The van der Waals surface area contributed by atoms with Gasteiger partial charge in [-0.2, -0.15) is 0 Å². The molecule has 0 amide bonds. The Morgan fingerprint density at radius 2 is 2.17 bits per heavy atom. The molecule has 2 N–H and O–H groups in total. The monoisotopic (exact) mass is 246 g/mol. The van der Waals surface area contributed by atoms with Gasteiger partial charge in [0.1, 0.15) is 5.75 Å². The zero-order chi connectivity index (χ0) is 13.0. The summed E-state index contributed by atoms with van der Waals surface area (Å²) in [5, 5.41) is 13.0. The Morgan fingerprint density at radius 3 is 2.78 bits per heavy atom. The SMILES string of the molecule is C=C(C)C[C@H](c1cccc(O)c1)N1CCNCC1. The fraction of sp³-hybridized carbons (Fsp3) is 0.467. The Hall–Kier alpha value is -1.32. The van der Waals surface area contributed by atoms with Gasteiger partial charge in [-0.15, -0.1) is 6.58 Å². The summed E-state index contributed by atoms with van der Waals surface area (Å²) in [5.41, 5.74) is 2.36. The number of aromatic hydroxyl groups is 1. The predicted octanol–water partition coefficient (Wildman–Crippen LogP) is 2.30. The molecule has 1 saturated heterocycles. The van der Waals surface area contributed by atoms with Gasteiger partial charge in [-0.05, 0) is 31.0 Å². The number of hydrogen-bond donors (Lipinski definition) is 2. The van der Waals surface area contributed by atoms with Crippen LogP contribution in [0.1, 0.15) is 24.9 Å². The minimum absolute atomic E-state index is 0.330. The molecular formula is C15H22N2O. The second-order valence-electron chi connectivity index (χ2n) is 5.06. The highest BCUT2D eigenvalue weighted by Crippen LogP contribution is 2.29. The molecule has 18 heavy (non-hydrogen) atoms. The summed E-state index contributed by atoms with van der Waals surface area (Å²) in [6.45, 7) is 10.3. The Labute approximate surface area is 109 Å². The topological polar surface area (TPSA) is 35.5 Å². The standard InChI is InChI=1S/C15H22N2O/c1-12(2)10-15(17-8-6-16-7-9-17)13-4-3-5-14(18)11-13/h3-5,11,15-16,18H,1,6-10H2,2H3/t15-/m1/s1. The van der Waals surface area contributed by atoms with E-state index in [4.69, 9.17) is 0 Å². The number of rotatable bonds is 4. The molecule has 1 aliphatic rings. The number of phenols is 1. The second kappa shape index (κ2) is 6.03. The lowest BCUT2D eigenvalue weighted by Crippen LogP contribution is -2.45. The summed E-state index contributed by atoms with van der Waals surface area (Å²) in [4.78, 5) is 2.47. The maximum Gasteiger partial charge on any atom is 0.115 e. The molecule has 98 valence electrons. The van der Waals surface area contributed by atoms with Crippen LogP contribution in [0.5, 0.6) is 5.75 Å². The van der Waals surface area contributed by atoms with Crippen molar-refractivity contribution in [1.29, 1.82) is 0 Å². The van der Waals surface area contributed by atoms with E-state index in [2.05, 4.69) is 29.8 Å². The lowest BCUT2D eigenvalue weighted by Gasteiger charge is -2.35. The normalized spacial score (nSPS) is 18.5. The number of benzene rings is 1. The van der Waals surface area contributed by atoms with Crippen molar-refractivity contribution in [2.75, 3.05) is 26.2 Å². The average molecular weight is 246 g/mol. The number of nitrogens with zero attached hydrogens (tertiary/aromatic N) is 1. The third kappa shape index (κ3) is 3.34.